The van der Waals surface area contributed by atoms with Crippen molar-refractivity contribution in [2.24, 2.45) is 10.7 Å². The maximum Gasteiger partial charge on any atom is 0.192 e. The molecular formula is C14H18ClN3O2. The number of aliphatic imine (C=N–C) groups is 1. The van der Waals surface area contributed by atoms with Gasteiger partial charge in [0.25, 0.3) is 0 Å². The average molecular weight is 296 g/mol. The van der Waals surface area contributed by atoms with Crippen molar-refractivity contribution in [3.05, 3.63) is 28.8 Å². The van der Waals surface area contributed by atoms with Crippen molar-refractivity contribution in [3.63, 3.8) is 0 Å². The number of halogens is 1. The van der Waals surface area contributed by atoms with Crippen molar-refractivity contribution in [2.75, 3.05) is 19.7 Å². The molecule has 0 amide bonds. The summed E-state index contributed by atoms with van der Waals surface area (Å²) in [6, 6.07) is 5.31. The minimum absolute atomic E-state index is 0.0669. The van der Waals surface area contributed by atoms with Crippen molar-refractivity contribution in [3.8, 4) is 5.75 Å². The van der Waals surface area contributed by atoms with Crippen molar-refractivity contribution in [1.29, 1.82) is 0 Å². The Morgan fingerprint density at radius 3 is 3.05 bits per heavy atom. The first-order valence-corrected chi connectivity index (χ1v) is 7.19. The number of aromatic hydroxyl groups is 1. The minimum Gasteiger partial charge on any atom is -0.506 e. The third-order valence-corrected chi connectivity index (χ3v) is 4.18. The lowest BCUT2D eigenvalue weighted by atomic mass is 10.1. The highest BCUT2D eigenvalue weighted by atomic mass is 35.5. The lowest BCUT2D eigenvalue weighted by Gasteiger charge is -2.29. The molecule has 108 valence electrons. The van der Waals surface area contributed by atoms with Crippen LogP contribution in [0.2, 0.25) is 5.02 Å². The summed E-state index contributed by atoms with van der Waals surface area (Å²) in [5, 5.41) is 9.87. The van der Waals surface area contributed by atoms with Crippen LogP contribution in [0.4, 0.5) is 0 Å². The van der Waals surface area contributed by atoms with Gasteiger partial charge in [-0.3, -0.25) is 4.99 Å². The highest BCUT2D eigenvalue weighted by Gasteiger charge is 2.31. The monoisotopic (exact) mass is 295 g/mol. The Labute approximate surface area is 123 Å². The van der Waals surface area contributed by atoms with Crippen LogP contribution < -0.4 is 5.73 Å². The third kappa shape index (κ3) is 2.55. The number of rotatable bonds is 3. The fourth-order valence-electron chi connectivity index (χ4n) is 2.77. The van der Waals surface area contributed by atoms with Crippen LogP contribution >= 0.6 is 11.6 Å². The first-order chi connectivity index (χ1) is 9.65. The second-order valence-corrected chi connectivity index (χ2v) is 5.62. The van der Waals surface area contributed by atoms with E-state index in [4.69, 9.17) is 22.1 Å². The van der Waals surface area contributed by atoms with E-state index < -0.39 is 0 Å². The van der Waals surface area contributed by atoms with Crippen molar-refractivity contribution in [1.82, 2.24) is 4.90 Å². The maximum atomic E-state index is 9.52. The van der Waals surface area contributed by atoms with Gasteiger partial charge in [0.1, 0.15) is 5.75 Å². The molecule has 2 heterocycles. The largest absolute Gasteiger partial charge is 0.506 e. The Morgan fingerprint density at radius 1 is 1.50 bits per heavy atom. The van der Waals surface area contributed by atoms with E-state index in [0.29, 0.717) is 17.5 Å². The summed E-state index contributed by atoms with van der Waals surface area (Å²) in [5.74, 6) is 0.641. The summed E-state index contributed by atoms with van der Waals surface area (Å²) in [7, 11) is 0. The van der Waals surface area contributed by atoms with Crippen LogP contribution in [0.3, 0.4) is 0 Å². The van der Waals surface area contributed by atoms with Crippen LogP contribution in [0.25, 0.3) is 0 Å². The van der Waals surface area contributed by atoms with E-state index in [1.807, 2.05) is 6.07 Å². The van der Waals surface area contributed by atoms with Gasteiger partial charge in [0.15, 0.2) is 5.96 Å². The summed E-state index contributed by atoms with van der Waals surface area (Å²) in [6.07, 6.45) is 2.38. The van der Waals surface area contributed by atoms with Crippen molar-refractivity contribution >= 4 is 17.6 Å². The van der Waals surface area contributed by atoms with Gasteiger partial charge < -0.3 is 20.5 Å². The zero-order chi connectivity index (χ0) is 14.1. The van der Waals surface area contributed by atoms with E-state index in [1.165, 1.54) is 0 Å². The molecule has 6 heteroatoms. The topological polar surface area (TPSA) is 71.1 Å². The van der Waals surface area contributed by atoms with Crippen LogP contribution in [-0.2, 0) is 4.74 Å². The average Bonchev–Trinajstić information content (AvgIpc) is 3.05. The van der Waals surface area contributed by atoms with E-state index in [1.54, 1.807) is 12.1 Å². The molecule has 2 atom stereocenters. The Balaban J connectivity index is 1.78. The van der Waals surface area contributed by atoms with Gasteiger partial charge in [-0.2, -0.15) is 0 Å². The molecule has 5 nitrogen and oxygen atoms in total. The van der Waals surface area contributed by atoms with Crippen LogP contribution in [0.5, 0.6) is 5.75 Å². The highest BCUT2D eigenvalue weighted by Crippen LogP contribution is 2.32. The molecule has 0 radical (unpaired) electrons. The van der Waals surface area contributed by atoms with Gasteiger partial charge in [-0.15, -0.1) is 0 Å². The summed E-state index contributed by atoms with van der Waals surface area (Å²) in [6.45, 7) is 2.18. The minimum atomic E-state index is 0.0669. The second kappa shape index (κ2) is 5.50. The molecule has 1 saturated heterocycles. The fraction of sp³-hybridized carbons (Fsp3) is 0.500. The summed E-state index contributed by atoms with van der Waals surface area (Å²) in [4.78, 5) is 6.40. The summed E-state index contributed by atoms with van der Waals surface area (Å²) >= 11 is 5.98. The molecule has 20 heavy (non-hydrogen) atoms. The number of hydrogen-bond donors (Lipinski definition) is 2. The Kier molecular flexibility index (Phi) is 3.72. The molecule has 1 fully saturated rings. The molecular weight excluding hydrogens is 278 g/mol. The Morgan fingerprint density at radius 2 is 2.35 bits per heavy atom. The predicted octanol–water partition coefficient (Wildman–Crippen LogP) is 1.90. The molecule has 1 aromatic carbocycles. The van der Waals surface area contributed by atoms with E-state index in [9.17, 15) is 5.11 Å². The quantitative estimate of drug-likeness (QED) is 0.893. The molecule has 3 rings (SSSR count). The number of ether oxygens (including phenoxy) is 1. The molecule has 0 saturated carbocycles. The first kappa shape index (κ1) is 13.5. The molecule has 0 aromatic heterocycles. The van der Waals surface area contributed by atoms with Crippen LogP contribution in [0.1, 0.15) is 24.4 Å². The Hall–Kier alpha value is -1.46. The summed E-state index contributed by atoms with van der Waals surface area (Å²) in [5.41, 5.74) is 7.00. The van der Waals surface area contributed by atoms with Gasteiger partial charge in [0.2, 0.25) is 0 Å². The fourth-order valence-corrected chi connectivity index (χ4v) is 2.96. The SMILES string of the molecule is NC1=NCC(c2ccc(O)c(Cl)c2)N1CC1CCCO1. The molecule has 2 aliphatic rings. The van der Waals surface area contributed by atoms with Crippen molar-refractivity contribution < 1.29 is 9.84 Å². The van der Waals surface area contributed by atoms with Gasteiger partial charge in [-0.05, 0) is 30.5 Å². The lowest BCUT2D eigenvalue weighted by Crippen LogP contribution is -2.41. The van der Waals surface area contributed by atoms with E-state index >= 15 is 0 Å². The third-order valence-electron chi connectivity index (χ3n) is 3.88. The molecule has 2 unspecified atom stereocenters. The number of nitrogens with two attached hydrogens (primary N) is 1. The predicted molar refractivity (Wildman–Crippen MR) is 78.0 cm³/mol. The van der Waals surface area contributed by atoms with Crippen molar-refractivity contribution in [2.45, 2.75) is 25.0 Å². The van der Waals surface area contributed by atoms with Gasteiger partial charge in [0, 0.05) is 13.2 Å². The number of nitrogens with zero attached hydrogens (tertiary/aromatic N) is 2. The van der Waals surface area contributed by atoms with E-state index in [-0.39, 0.29) is 17.9 Å². The Bertz CT molecular complexity index is 529. The van der Waals surface area contributed by atoms with Crippen LogP contribution in [0.15, 0.2) is 23.2 Å². The molecule has 1 aromatic rings. The highest BCUT2D eigenvalue weighted by molar-refractivity contribution is 6.32. The molecule has 2 aliphatic heterocycles. The zero-order valence-electron chi connectivity index (χ0n) is 11.1. The summed E-state index contributed by atoms with van der Waals surface area (Å²) < 4.78 is 5.67. The normalized spacial score (nSPS) is 26.1. The lowest BCUT2D eigenvalue weighted by molar-refractivity contribution is 0.0853. The van der Waals surface area contributed by atoms with Gasteiger partial charge in [-0.1, -0.05) is 17.7 Å². The molecule has 0 spiro atoms. The van der Waals surface area contributed by atoms with Gasteiger partial charge in [-0.25, -0.2) is 0 Å². The maximum absolute atomic E-state index is 9.52. The zero-order valence-corrected chi connectivity index (χ0v) is 11.9. The number of benzene rings is 1. The van der Waals surface area contributed by atoms with Crippen LogP contribution in [0, 0.1) is 0 Å². The van der Waals surface area contributed by atoms with E-state index in [2.05, 4.69) is 9.89 Å². The molecule has 0 bridgehead atoms. The van der Waals surface area contributed by atoms with Crippen LogP contribution in [-0.4, -0.2) is 41.8 Å². The standard InChI is InChI=1S/C14H18ClN3O2/c15-11-6-9(3-4-13(11)19)12-7-17-14(16)18(12)8-10-2-1-5-20-10/h3-4,6,10,12,19H,1-2,5,7-8H2,(H2,16,17). The first-order valence-electron chi connectivity index (χ1n) is 6.81. The van der Waals surface area contributed by atoms with E-state index in [0.717, 1.165) is 31.6 Å². The number of phenols is 1. The second-order valence-electron chi connectivity index (χ2n) is 5.21. The van der Waals surface area contributed by atoms with Gasteiger partial charge in [0.05, 0.1) is 23.7 Å². The smallest absolute Gasteiger partial charge is 0.192 e. The van der Waals surface area contributed by atoms with Gasteiger partial charge >= 0.3 is 0 Å². The molecule has 0 aliphatic carbocycles. The number of guanidine groups is 1. The molecule has 3 N–H and O–H groups in total. The number of hydrogen-bond acceptors (Lipinski definition) is 5. The number of phenolic OH excluding ortho intramolecular Hbond substituents is 1.